The van der Waals surface area contributed by atoms with Gasteiger partial charge in [-0.15, -0.1) is 0 Å². The standard InChI is InChI=1S/C27H20BrClN2O6/c1-14-9-18(5-7-21(14)31-25(33)19-6-3-16(28)11-20(19)26(31)34)37-27(35)15-10-24(32)30(13-15)22-12-17(29)4-8-23(22)36-2/h3-9,11-12,15H,10,13H2,1-2H3/t15-/m0/s1. The molecule has 0 saturated carbocycles. The molecule has 3 amide bonds. The van der Waals surface area contributed by atoms with Crippen LogP contribution in [0.2, 0.25) is 5.02 Å². The van der Waals surface area contributed by atoms with Crippen molar-refractivity contribution >= 4 is 62.6 Å². The number of benzene rings is 3. The monoisotopic (exact) mass is 582 g/mol. The average molecular weight is 584 g/mol. The van der Waals surface area contributed by atoms with E-state index in [2.05, 4.69) is 15.9 Å². The van der Waals surface area contributed by atoms with Crippen LogP contribution in [0.15, 0.2) is 59.1 Å². The van der Waals surface area contributed by atoms with E-state index < -0.39 is 23.7 Å². The third-order valence-corrected chi connectivity index (χ3v) is 7.09. The molecule has 5 rings (SSSR count). The molecule has 0 aliphatic carbocycles. The summed E-state index contributed by atoms with van der Waals surface area (Å²) >= 11 is 9.43. The molecule has 2 aliphatic heterocycles. The van der Waals surface area contributed by atoms with E-state index in [1.54, 1.807) is 55.5 Å². The third kappa shape index (κ3) is 4.49. The Bertz CT molecular complexity index is 1490. The molecule has 0 aromatic heterocycles. The third-order valence-electron chi connectivity index (χ3n) is 6.37. The number of amides is 3. The fraction of sp³-hybridized carbons (Fsp3) is 0.185. The molecule has 3 aromatic carbocycles. The molecule has 37 heavy (non-hydrogen) atoms. The summed E-state index contributed by atoms with van der Waals surface area (Å²) < 4.78 is 11.6. The first-order valence-electron chi connectivity index (χ1n) is 11.3. The van der Waals surface area contributed by atoms with Crippen molar-refractivity contribution in [3.05, 3.63) is 80.8 Å². The van der Waals surface area contributed by atoms with Crippen LogP contribution < -0.4 is 19.3 Å². The van der Waals surface area contributed by atoms with Gasteiger partial charge in [-0.3, -0.25) is 19.2 Å². The molecule has 0 N–H and O–H groups in total. The van der Waals surface area contributed by atoms with E-state index in [4.69, 9.17) is 21.1 Å². The molecule has 2 heterocycles. The molecular weight excluding hydrogens is 564 g/mol. The van der Waals surface area contributed by atoms with Crippen molar-refractivity contribution in [3.8, 4) is 11.5 Å². The number of halogens is 2. The highest BCUT2D eigenvalue weighted by molar-refractivity contribution is 9.10. The van der Waals surface area contributed by atoms with Crippen molar-refractivity contribution in [2.24, 2.45) is 5.92 Å². The summed E-state index contributed by atoms with van der Waals surface area (Å²) in [6.45, 7) is 1.84. The van der Waals surface area contributed by atoms with E-state index in [0.717, 1.165) is 4.90 Å². The van der Waals surface area contributed by atoms with Gasteiger partial charge >= 0.3 is 5.97 Å². The number of aryl methyl sites for hydroxylation is 1. The van der Waals surface area contributed by atoms with E-state index in [0.29, 0.717) is 43.3 Å². The largest absolute Gasteiger partial charge is 0.495 e. The van der Waals surface area contributed by atoms with Gasteiger partial charge in [0, 0.05) is 22.5 Å². The zero-order chi connectivity index (χ0) is 26.4. The lowest BCUT2D eigenvalue weighted by Crippen LogP contribution is -2.30. The normalized spacial score (nSPS) is 16.9. The second-order valence-corrected chi connectivity index (χ2v) is 10.1. The lowest BCUT2D eigenvalue weighted by molar-refractivity contribution is -0.139. The Labute approximate surface area is 225 Å². The maximum Gasteiger partial charge on any atom is 0.316 e. The summed E-state index contributed by atoms with van der Waals surface area (Å²) in [6, 6.07) is 14.5. The van der Waals surface area contributed by atoms with Crippen LogP contribution in [-0.2, 0) is 9.59 Å². The molecule has 1 fully saturated rings. The summed E-state index contributed by atoms with van der Waals surface area (Å²) in [4.78, 5) is 54.0. The Kier molecular flexibility index (Phi) is 6.51. The number of nitrogens with zero attached hydrogens (tertiary/aromatic N) is 2. The van der Waals surface area contributed by atoms with Crippen LogP contribution in [0.25, 0.3) is 0 Å². The molecule has 0 bridgehead atoms. The van der Waals surface area contributed by atoms with Gasteiger partial charge in [-0.25, -0.2) is 4.90 Å². The first kappa shape index (κ1) is 25.0. The molecule has 0 spiro atoms. The minimum atomic E-state index is -0.689. The molecule has 188 valence electrons. The number of anilines is 2. The van der Waals surface area contributed by atoms with Gasteiger partial charge in [0.1, 0.15) is 11.5 Å². The van der Waals surface area contributed by atoms with E-state index >= 15 is 0 Å². The van der Waals surface area contributed by atoms with Crippen LogP contribution in [-0.4, -0.2) is 37.3 Å². The molecule has 1 saturated heterocycles. The van der Waals surface area contributed by atoms with Crippen LogP contribution in [0.5, 0.6) is 11.5 Å². The highest BCUT2D eigenvalue weighted by Gasteiger charge is 2.39. The summed E-state index contributed by atoms with van der Waals surface area (Å²) in [6.07, 6.45) is -0.0177. The van der Waals surface area contributed by atoms with Gasteiger partial charge in [-0.1, -0.05) is 27.5 Å². The number of esters is 1. The van der Waals surface area contributed by atoms with Crippen LogP contribution >= 0.6 is 27.5 Å². The lowest BCUT2D eigenvalue weighted by atomic mass is 10.1. The molecule has 0 radical (unpaired) electrons. The quantitative estimate of drug-likeness (QED) is 0.234. The number of fused-ring (bicyclic) bond motifs is 1. The number of carbonyl (C=O) groups excluding carboxylic acids is 4. The van der Waals surface area contributed by atoms with Crippen molar-refractivity contribution in [3.63, 3.8) is 0 Å². The highest BCUT2D eigenvalue weighted by atomic mass is 79.9. The Morgan fingerprint density at radius 2 is 1.73 bits per heavy atom. The lowest BCUT2D eigenvalue weighted by Gasteiger charge is -2.20. The Hall–Kier alpha value is -3.69. The first-order valence-corrected chi connectivity index (χ1v) is 12.5. The van der Waals surface area contributed by atoms with Gasteiger partial charge in [-0.05, 0) is 67.1 Å². The fourth-order valence-electron chi connectivity index (χ4n) is 4.55. The van der Waals surface area contributed by atoms with Gasteiger partial charge in [0.25, 0.3) is 11.8 Å². The second kappa shape index (κ2) is 9.64. The molecule has 3 aromatic rings. The molecule has 2 aliphatic rings. The summed E-state index contributed by atoms with van der Waals surface area (Å²) in [5.74, 6) is -1.61. The zero-order valence-electron chi connectivity index (χ0n) is 19.8. The average Bonchev–Trinajstić information content (AvgIpc) is 3.36. The number of methoxy groups -OCH3 is 1. The zero-order valence-corrected chi connectivity index (χ0v) is 22.1. The smallest absolute Gasteiger partial charge is 0.316 e. The van der Waals surface area contributed by atoms with Crippen molar-refractivity contribution < 1.29 is 28.7 Å². The van der Waals surface area contributed by atoms with Crippen molar-refractivity contribution in [1.29, 1.82) is 0 Å². The highest BCUT2D eigenvalue weighted by Crippen LogP contribution is 2.37. The Morgan fingerprint density at radius 3 is 2.46 bits per heavy atom. The van der Waals surface area contributed by atoms with E-state index in [1.807, 2.05) is 0 Å². The Balaban J connectivity index is 1.32. The van der Waals surface area contributed by atoms with Crippen molar-refractivity contribution in [2.45, 2.75) is 13.3 Å². The molecule has 0 unspecified atom stereocenters. The number of rotatable bonds is 5. The Morgan fingerprint density at radius 1 is 0.973 bits per heavy atom. The summed E-state index contributed by atoms with van der Waals surface area (Å²) in [7, 11) is 1.49. The number of hydrogen-bond donors (Lipinski definition) is 0. The maximum atomic E-state index is 12.9. The van der Waals surface area contributed by atoms with Gasteiger partial charge in [0.15, 0.2) is 0 Å². The number of hydrogen-bond acceptors (Lipinski definition) is 6. The van der Waals surface area contributed by atoms with Crippen molar-refractivity contribution in [2.75, 3.05) is 23.5 Å². The SMILES string of the molecule is COc1ccc(Cl)cc1N1C[C@@H](C(=O)Oc2ccc(N3C(=O)c4ccc(Br)cc4C3=O)c(C)c2)CC1=O. The minimum absolute atomic E-state index is 0.0177. The molecule has 1 atom stereocenters. The van der Waals surface area contributed by atoms with E-state index in [-0.39, 0.29) is 24.6 Å². The molecular formula is C27H20BrClN2O6. The summed E-state index contributed by atoms with van der Waals surface area (Å²) in [5, 5.41) is 0.441. The van der Waals surface area contributed by atoms with Crippen LogP contribution in [0.3, 0.4) is 0 Å². The number of carbonyl (C=O) groups is 4. The van der Waals surface area contributed by atoms with Gasteiger partial charge in [-0.2, -0.15) is 0 Å². The predicted octanol–water partition coefficient (Wildman–Crippen LogP) is 5.18. The maximum absolute atomic E-state index is 12.9. The van der Waals surface area contributed by atoms with Gasteiger partial charge in [0.2, 0.25) is 5.91 Å². The summed E-state index contributed by atoms with van der Waals surface area (Å²) in [5.41, 5.74) is 2.11. The van der Waals surface area contributed by atoms with E-state index in [1.165, 1.54) is 18.1 Å². The van der Waals surface area contributed by atoms with Gasteiger partial charge < -0.3 is 14.4 Å². The second-order valence-electron chi connectivity index (χ2n) is 8.73. The molecule has 8 nitrogen and oxygen atoms in total. The van der Waals surface area contributed by atoms with Crippen LogP contribution in [0.1, 0.15) is 32.7 Å². The van der Waals surface area contributed by atoms with Crippen LogP contribution in [0.4, 0.5) is 11.4 Å². The predicted molar refractivity (Wildman–Crippen MR) is 141 cm³/mol. The first-order chi connectivity index (χ1) is 17.7. The minimum Gasteiger partial charge on any atom is -0.495 e. The van der Waals surface area contributed by atoms with E-state index in [9.17, 15) is 19.2 Å². The number of ether oxygens (including phenoxy) is 2. The number of imide groups is 1. The topological polar surface area (TPSA) is 93.2 Å². The van der Waals surface area contributed by atoms with Crippen molar-refractivity contribution in [1.82, 2.24) is 0 Å². The fourth-order valence-corrected chi connectivity index (χ4v) is 5.07. The van der Waals surface area contributed by atoms with Gasteiger partial charge in [0.05, 0.1) is 35.5 Å². The molecule has 10 heteroatoms. The van der Waals surface area contributed by atoms with Crippen LogP contribution in [0, 0.1) is 12.8 Å².